The van der Waals surface area contributed by atoms with Crippen molar-refractivity contribution in [1.29, 1.82) is 0 Å². The van der Waals surface area contributed by atoms with E-state index < -0.39 is 11.7 Å². The summed E-state index contributed by atoms with van der Waals surface area (Å²) in [6, 6.07) is 4.90. The molecule has 2 aliphatic rings. The molecular weight excluding hydrogens is 333 g/mol. The van der Waals surface area contributed by atoms with Crippen molar-refractivity contribution in [3.63, 3.8) is 0 Å². The number of alkyl halides is 3. The molecule has 4 nitrogen and oxygen atoms in total. The average molecular weight is 352 g/mol. The van der Waals surface area contributed by atoms with Crippen LogP contribution >= 0.6 is 0 Å². The first-order chi connectivity index (χ1) is 11.8. The minimum atomic E-state index is -4.36. The first kappa shape index (κ1) is 17.7. The lowest BCUT2D eigenvalue weighted by Crippen LogP contribution is -2.40. The third-order valence-corrected chi connectivity index (χ3v) is 4.72. The monoisotopic (exact) mass is 352 g/mol. The second-order valence-corrected chi connectivity index (χ2v) is 6.61. The van der Waals surface area contributed by atoms with Crippen LogP contribution in [0.25, 0.3) is 0 Å². The summed E-state index contributed by atoms with van der Waals surface area (Å²) < 4.78 is 37.8. The van der Waals surface area contributed by atoms with Gasteiger partial charge in [-0.05, 0) is 37.6 Å². The van der Waals surface area contributed by atoms with Crippen molar-refractivity contribution in [3.05, 3.63) is 47.5 Å². The number of amides is 2. The molecule has 1 aliphatic heterocycles. The lowest BCUT2D eigenvalue weighted by Gasteiger charge is -2.23. The van der Waals surface area contributed by atoms with Crippen LogP contribution < -0.4 is 0 Å². The Bertz CT molecular complexity index is 671. The van der Waals surface area contributed by atoms with Gasteiger partial charge in [0.1, 0.15) is 0 Å². The van der Waals surface area contributed by atoms with Crippen LogP contribution in [0.1, 0.15) is 24.0 Å². The van der Waals surface area contributed by atoms with E-state index in [0.29, 0.717) is 24.9 Å². The number of likely N-dealkylation sites (tertiary alicyclic amines) is 1. The van der Waals surface area contributed by atoms with E-state index in [1.807, 2.05) is 12.2 Å². The number of carbonyl (C=O) groups excluding carboxylic acids is 2. The summed E-state index contributed by atoms with van der Waals surface area (Å²) in [4.78, 5) is 27.8. The Morgan fingerprint density at radius 2 is 1.56 bits per heavy atom. The van der Waals surface area contributed by atoms with Gasteiger partial charge < -0.3 is 0 Å². The Balaban J connectivity index is 1.62. The third-order valence-electron chi connectivity index (χ3n) is 4.72. The van der Waals surface area contributed by atoms with Gasteiger partial charge in [-0.25, -0.2) is 0 Å². The van der Waals surface area contributed by atoms with E-state index in [4.69, 9.17) is 0 Å². The van der Waals surface area contributed by atoms with E-state index in [2.05, 4.69) is 0 Å². The molecule has 1 aromatic carbocycles. The molecule has 0 N–H and O–H groups in total. The number of fused-ring (bicyclic) bond motifs is 1. The summed E-state index contributed by atoms with van der Waals surface area (Å²) in [5, 5.41) is 0. The number of benzene rings is 1. The molecule has 0 radical (unpaired) electrons. The average Bonchev–Trinajstić information content (AvgIpc) is 2.80. The standard InChI is InChI=1S/C18H19F3N2O2/c1-22(10-12-6-8-13(9-7-12)18(19,20)21)11-23-16(24)14-4-2-3-5-15(14)17(23)25/h2-3,6-9,14-15H,4-5,10-11H2,1H3/t14-,15+. The summed E-state index contributed by atoms with van der Waals surface area (Å²) in [6.45, 7) is 0.495. The van der Waals surface area contributed by atoms with E-state index in [-0.39, 0.29) is 30.3 Å². The molecule has 3 rings (SSSR count). The minimum Gasteiger partial charge on any atom is -0.284 e. The molecule has 0 spiro atoms. The van der Waals surface area contributed by atoms with Gasteiger partial charge in [0.25, 0.3) is 0 Å². The number of rotatable bonds is 4. The molecule has 1 aliphatic carbocycles. The summed E-state index contributed by atoms with van der Waals surface area (Å²) in [5.41, 5.74) is -0.00550. The number of allylic oxidation sites excluding steroid dienone is 2. The molecule has 1 saturated heterocycles. The SMILES string of the molecule is CN(Cc1ccc(C(F)(F)F)cc1)CN1C(=O)[C@H]2CC=CC[C@H]2C1=O. The Kier molecular flexibility index (Phi) is 4.69. The number of hydrogen-bond acceptors (Lipinski definition) is 3. The van der Waals surface area contributed by atoms with Gasteiger partial charge in [0.15, 0.2) is 0 Å². The van der Waals surface area contributed by atoms with Crippen molar-refractivity contribution in [1.82, 2.24) is 9.80 Å². The highest BCUT2D eigenvalue weighted by molar-refractivity contribution is 6.05. The second kappa shape index (κ2) is 6.63. The van der Waals surface area contributed by atoms with Crippen LogP contribution in [0.3, 0.4) is 0 Å². The number of imide groups is 1. The zero-order chi connectivity index (χ0) is 18.2. The Labute approximate surface area is 143 Å². The van der Waals surface area contributed by atoms with Gasteiger partial charge >= 0.3 is 6.18 Å². The summed E-state index contributed by atoms with van der Waals surface area (Å²) in [5.74, 6) is -0.842. The topological polar surface area (TPSA) is 40.6 Å². The largest absolute Gasteiger partial charge is 0.416 e. The number of halogens is 3. The molecular formula is C18H19F3N2O2. The predicted octanol–water partition coefficient (Wildman–Crippen LogP) is 3.05. The first-order valence-electron chi connectivity index (χ1n) is 8.12. The van der Waals surface area contributed by atoms with E-state index in [0.717, 1.165) is 12.1 Å². The highest BCUT2D eigenvalue weighted by atomic mass is 19.4. The fraction of sp³-hybridized carbons (Fsp3) is 0.444. The highest BCUT2D eigenvalue weighted by Crippen LogP contribution is 2.35. The maximum atomic E-state index is 12.6. The molecule has 0 aromatic heterocycles. The van der Waals surface area contributed by atoms with Crippen LogP contribution in [0.15, 0.2) is 36.4 Å². The number of carbonyl (C=O) groups is 2. The zero-order valence-electron chi connectivity index (χ0n) is 13.8. The van der Waals surface area contributed by atoms with Crippen molar-refractivity contribution in [2.75, 3.05) is 13.7 Å². The molecule has 25 heavy (non-hydrogen) atoms. The van der Waals surface area contributed by atoms with E-state index in [1.165, 1.54) is 17.0 Å². The van der Waals surface area contributed by atoms with Gasteiger partial charge in [-0.2, -0.15) is 13.2 Å². The van der Waals surface area contributed by atoms with Gasteiger partial charge in [0.05, 0.1) is 24.1 Å². The van der Waals surface area contributed by atoms with Gasteiger partial charge in [-0.15, -0.1) is 0 Å². The summed E-state index contributed by atoms with van der Waals surface area (Å²) in [7, 11) is 1.73. The Morgan fingerprint density at radius 1 is 1.04 bits per heavy atom. The predicted molar refractivity (Wildman–Crippen MR) is 85.0 cm³/mol. The van der Waals surface area contributed by atoms with Crippen LogP contribution in [-0.4, -0.2) is 35.3 Å². The van der Waals surface area contributed by atoms with Crippen molar-refractivity contribution < 1.29 is 22.8 Å². The van der Waals surface area contributed by atoms with Crippen molar-refractivity contribution >= 4 is 11.8 Å². The van der Waals surface area contributed by atoms with E-state index in [1.54, 1.807) is 11.9 Å². The van der Waals surface area contributed by atoms with Crippen molar-refractivity contribution in [3.8, 4) is 0 Å². The summed E-state index contributed by atoms with van der Waals surface area (Å²) >= 11 is 0. The molecule has 134 valence electrons. The number of nitrogens with zero attached hydrogens (tertiary/aromatic N) is 2. The highest BCUT2D eigenvalue weighted by Gasteiger charge is 2.47. The van der Waals surface area contributed by atoms with Crippen molar-refractivity contribution in [2.45, 2.75) is 25.6 Å². The maximum Gasteiger partial charge on any atom is 0.416 e. The molecule has 0 saturated carbocycles. The van der Waals surface area contributed by atoms with E-state index in [9.17, 15) is 22.8 Å². The third kappa shape index (κ3) is 3.61. The van der Waals surface area contributed by atoms with Gasteiger partial charge in [-0.1, -0.05) is 24.3 Å². The first-order valence-corrected chi connectivity index (χ1v) is 8.12. The molecule has 7 heteroatoms. The van der Waals surface area contributed by atoms with Gasteiger partial charge in [0.2, 0.25) is 11.8 Å². The normalized spacial score (nSPS) is 23.5. The lowest BCUT2D eigenvalue weighted by atomic mass is 9.85. The molecule has 0 unspecified atom stereocenters. The molecule has 0 bridgehead atoms. The van der Waals surface area contributed by atoms with Crippen LogP contribution in [-0.2, 0) is 22.3 Å². The molecule has 2 amide bonds. The molecule has 1 aromatic rings. The fourth-order valence-electron chi connectivity index (χ4n) is 3.41. The van der Waals surface area contributed by atoms with Gasteiger partial charge in [0, 0.05) is 6.54 Å². The van der Waals surface area contributed by atoms with Crippen molar-refractivity contribution in [2.24, 2.45) is 11.8 Å². The second-order valence-electron chi connectivity index (χ2n) is 6.61. The fourth-order valence-corrected chi connectivity index (χ4v) is 3.41. The number of hydrogen-bond donors (Lipinski definition) is 0. The van der Waals surface area contributed by atoms with Gasteiger partial charge in [-0.3, -0.25) is 19.4 Å². The molecule has 1 fully saturated rings. The van der Waals surface area contributed by atoms with Crippen LogP contribution in [0, 0.1) is 11.8 Å². The Morgan fingerprint density at radius 3 is 2.04 bits per heavy atom. The summed E-state index contributed by atoms with van der Waals surface area (Å²) in [6.07, 6.45) is 0.690. The van der Waals surface area contributed by atoms with Crippen LogP contribution in [0.2, 0.25) is 0 Å². The lowest BCUT2D eigenvalue weighted by molar-refractivity contribution is -0.142. The van der Waals surface area contributed by atoms with Crippen LogP contribution in [0.4, 0.5) is 13.2 Å². The van der Waals surface area contributed by atoms with E-state index >= 15 is 0 Å². The quantitative estimate of drug-likeness (QED) is 0.618. The van der Waals surface area contributed by atoms with Crippen LogP contribution in [0.5, 0.6) is 0 Å². The smallest absolute Gasteiger partial charge is 0.284 e. The Hall–Kier alpha value is -2.15. The molecule has 2 atom stereocenters. The zero-order valence-corrected chi connectivity index (χ0v) is 13.8. The maximum absolute atomic E-state index is 12.6. The molecule has 1 heterocycles. The minimum absolute atomic E-state index is 0.145.